The van der Waals surface area contributed by atoms with E-state index in [0.717, 1.165) is 22.9 Å². The Bertz CT molecular complexity index is 840. The molecule has 3 aliphatic heterocycles. The van der Waals surface area contributed by atoms with Gasteiger partial charge in [0.05, 0.1) is 11.8 Å². The van der Waals surface area contributed by atoms with E-state index in [0.29, 0.717) is 12.2 Å². The molecular formula is C20H24BrN3O3. The predicted octanol–water partition coefficient (Wildman–Crippen LogP) is 2.63. The van der Waals surface area contributed by atoms with Gasteiger partial charge in [0.2, 0.25) is 17.7 Å². The third-order valence-electron chi connectivity index (χ3n) is 6.16. The minimum Gasteiger partial charge on any atom is -0.324 e. The molecule has 144 valence electrons. The Morgan fingerprint density at radius 3 is 2.63 bits per heavy atom. The summed E-state index contributed by atoms with van der Waals surface area (Å²) < 4.78 is 0.836. The Kier molecular flexibility index (Phi) is 4.42. The molecule has 4 atom stereocenters. The first kappa shape index (κ1) is 18.6. The van der Waals surface area contributed by atoms with Crippen molar-refractivity contribution in [1.29, 1.82) is 0 Å². The van der Waals surface area contributed by atoms with Gasteiger partial charge in [-0.2, -0.15) is 0 Å². The lowest BCUT2D eigenvalue weighted by molar-refractivity contribution is -0.143. The summed E-state index contributed by atoms with van der Waals surface area (Å²) >= 11 is 3.48. The Balaban J connectivity index is 1.86. The molecule has 2 fully saturated rings. The first-order valence-corrected chi connectivity index (χ1v) is 10.4. The quantitative estimate of drug-likeness (QED) is 0.715. The highest BCUT2D eigenvalue weighted by Gasteiger charge is 2.70. The van der Waals surface area contributed by atoms with Crippen molar-refractivity contribution in [2.24, 2.45) is 17.8 Å². The number of anilines is 1. The van der Waals surface area contributed by atoms with E-state index in [1.54, 1.807) is 0 Å². The van der Waals surface area contributed by atoms with E-state index in [9.17, 15) is 14.4 Å². The summed E-state index contributed by atoms with van der Waals surface area (Å²) in [5.74, 6) is -1.71. The highest BCUT2D eigenvalue weighted by atomic mass is 79.9. The molecule has 1 aromatic carbocycles. The standard InChI is InChI=1S/C20H24BrN3O3/c1-4-5-8-24-17(25)14-15(18(24)26)20(23-16(14)10(2)3)12-9-11(21)6-7-13(12)22-19(20)27/h6-7,9-10,14-16,23H,4-5,8H2,1-3H3,(H,22,27)/t14-,15-,16?,20?/m0/s1. The Hall–Kier alpha value is -1.73. The van der Waals surface area contributed by atoms with Crippen LogP contribution in [0.4, 0.5) is 5.69 Å². The zero-order valence-corrected chi connectivity index (χ0v) is 17.3. The number of amides is 3. The minimum absolute atomic E-state index is 0.115. The molecule has 0 aliphatic carbocycles. The van der Waals surface area contributed by atoms with Crippen LogP contribution in [0.3, 0.4) is 0 Å². The van der Waals surface area contributed by atoms with Crippen LogP contribution in [0.2, 0.25) is 0 Å². The summed E-state index contributed by atoms with van der Waals surface area (Å²) in [7, 11) is 0. The topological polar surface area (TPSA) is 78.5 Å². The third kappa shape index (κ3) is 2.44. The normalized spacial score (nSPS) is 31.8. The van der Waals surface area contributed by atoms with Gasteiger partial charge in [-0.1, -0.05) is 43.1 Å². The largest absolute Gasteiger partial charge is 0.324 e. The van der Waals surface area contributed by atoms with Crippen LogP contribution in [0.5, 0.6) is 0 Å². The second kappa shape index (κ2) is 6.41. The molecule has 2 saturated heterocycles. The SMILES string of the molecule is CCCCN1C(=O)[C@@H]2C(C(C)C)NC3(C(=O)Nc4ccc(Br)cc43)[C@@H]2C1=O. The number of nitrogens with one attached hydrogen (secondary N) is 2. The van der Waals surface area contributed by atoms with Gasteiger partial charge in [0.1, 0.15) is 5.54 Å². The third-order valence-corrected chi connectivity index (χ3v) is 6.65. The molecule has 3 aliphatic rings. The average Bonchev–Trinajstić information content (AvgIpc) is 3.20. The van der Waals surface area contributed by atoms with Gasteiger partial charge in [0, 0.05) is 28.3 Å². The summed E-state index contributed by atoms with van der Waals surface area (Å²) in [5.41, 5.74) is 0.261. The molecule has 0 saturated carbocycles. The van der Waals surface area contributed by atoms with Crippen molar-refractivity contribution in [3.8, 4) is 0 Å². The molecule has 4 rings (SSSR count). The van der Waals surface area contributed by atoms with Crippen molar-refractivity contribution in [2.45, 2.75) is 45.2 Å². The van der Waals surface area contributed by atoms with Crippen molar-refractivity contribution in [3.05, 3.63) is 28.2 Å². The number of nitrogens with zero attached hydrogens (tertiary/aromatic N) is 1. The summed E-state index contributed by atoms with van der Waals surface area (Å²) in [4.78, 5) is 41.1. The fourth-order valence-electron chi connectivity index (χ4n) is 4.88. The molecule has 3 heterocycles. The van der Waals surface area contributed by atoms with Gasteiger partial charge >= 0.3 is 0 Å². The fourth-order valence-corrected chi connectivity index (χ4v) is 5.24. The summed E-state index contributed by atoms with van der Waals surface area (Å²) in [6.45, 7) is 6.50. The highest BCUT2D eigenvalue weighted by Crippen LogP contribution is 2.54. The molecule has 3 amide bonds. The van der Waals surface area contributed by atoms with Gasteiger partial charge in [-0.25, -0.2) is 0 Å². The number of hydrogen-bond acceptors (Lipinski definition) is 4. The van der Waals surface area contributed by atoms with Crippen LogP contribution in [0.15, 0.2) is 22.7 Å². The predicted molar refractivity (Wildman–Crippen MR) is 105 cm³/mol. The van der Waals surface area contributed by atoms with Crippen LogP contribution >= 0.6 is 15.9 Å². The van der Waals surface area contributed by atoms with E-state index in [-0.39, 0.29) is 29.7 Å². The van der Waals surface area contributed by atoms with Crippen LogP contribution < -0.4 is 10.6 Å². The van der Waals surface area contributed by atoms with Crippen LogP contribution in [-0.2, 0) is 19.9 Å². The van der Waals surface area contributed by atoms with Gasteiger partial charge < -0.3 is 5.32 Å². The lowest BCUT2D eigenvalue weighted by Crippen LogP contribution is -2.54. The molecule has 0 radical (unpaired) electrons. The Labute approximate surface area is 167 Å². The van der Waals surface area contributed by atoms with Gasteiger partial charge in [-0.05, 0) is 30.5 Å². The smallest absolute Gasteiger partial charge is 0.250 e. The van der Waals surface area contributed by atoms with Crippen molar-refractivity contribution in [3.63, 3.8) is 0 Å². The molecule has 6 nitrogen and oxygen atoms in total. The number of unbranched alkanes of at least 4 members (excludes halogenated alkanes) is 1. The maximum atomic E-state index is 13.3. The summed E-state index contributed by atoms with van der Waals surface area (Å²) in [6.07, 6.45) is 1.68. The monoisotopic (exact) mass is 433 g/mol. The maximum Gasteiger partial charge on any atom is 0.250 e. The van der Waals surface area contributed by atoms with E-state index in [4.69, 9.17) is 0 Å². The number of benzene rings is 1. The number of carbonyl (C=O) groups excluding carboxylic acids is 3. The number of fused-ring (bicyclic) bond motifs is 4. The van der Waals surface area contributed by atoms with Crippen molar-refractivity contribution >= 4 is 39.3 Å². The summed E-state index contributed by atoms with van der Waals surface area (Å²) in [5, 5.41) is 6.36. The van der Waals surface area contributed by atoms with Crippen molar-refractivity contribution < 1.29 is 14.4 Å². The number of likely N-dealkylation sites (tertiary alicyclic amines) is 1. The Morgan fingerprint density at radius 2 is 1.96 bits per heavy atom. The van der Waals surface area contributed by atoms with E-state index in [1.807, 2.05) is 39.0 Å². The van der Waals surface area contributed by atoms with Gasteiger partial charge in [-0.15, -0.1) is 0 Å². The fraction of sp³-hybridized carbons (Fsp3) is 0.550. The first-order valence-electron chi connectivity index (χ1n) is 9.57. The first-order chi connectivity index (χ1) is 12.8. The van der Waals surface area contributed by atoms with E-state index in [1.165, 1.54) is 4.90 Å². The number of carbonyl (C=O) groups is 3. The second-order valence-corrected chi connectivity index (χ2v) is 8.97. The van der Waals surface area contributed by atoms with Crippen molar-refractivity contribution in [2.75, 3.05) is 11.9 Å². The maximum absolute atomic E-state index is 13.3. The minimum atomic E-state index is -1.19. The molecule has 2 N–H and O–H groups in total. The second-order valence-electron chi connectivity index (χ2n) is 8.05. The van der Waals surface area contributed by atoms with Crippen LogP contribution in [0.25, 0.3) is 0 Å². The average molecular weight is 434 g/mol. The van der Waals surface area contributed by atoms with Gasteiger partial charge in [0.15, 0.2) is 0 Å². The molecule has 1 spiro atoms. The summed E-state index contributed by atoms with van der Waals surface area (Å²) in [6, 6.07) is 5.35. The molecule has 1 aromatic rings. The van der Waals surface area contributed by atoms with Crippen LogP contribution in [0.1, 0.15) is 39.2 Å². The zero-order chi connectivity index (χ0) is 19.5. The number of halogens is 1. The lowest BCUT2D eigenvalue weighted by Gasteiger charge is -2.30. The molecule has 0 aromatic heterocycles. The number of hydrogen-bond donors (Lipinski definition) is 2. The lowest BCUT2D eigenvalue weighted by atomic mass is 9.76. The van der Waals surface area contributed by atoms with E-state index >= 15 is 0 Å². The van der Waals surface area contributed by atoms with Gasteiger partial charge in [-0.3, -0.25) is 24.6 Å². The van der Waals surface area contributed by atoms with Crippen molar-refractivity contribution in [1.82, 2.24) is 10.2 Å². The van der Waals surface area contributed by atoms with Gasteiger partial charge in [0.25, 0.3) is 0 Å². The number of rotatable bonds is 4. The Morgan fingerprint density at radius 1 is 1.22 bits per heavy atom. The van der Waals surface area contributed by atoms with Crippen LogP contribution in [0, 0.1) is 17.8 Å². The zero-order valence-electron chi connectivity index (χ0n) is 15.7. The van der Waals surface area contributed by atoms with Crippen LogP contribution in [-0.4, -0.2) is 35.2 Å². The molecule has 7 heteroatoms. The van der Waals surface area contributed by atoms with E-state index in [2.05, 4.69) is 26.6 Å². The molecule has 2 unspecified atom stereocenters. The number of imide groups is 1. The van der Waals surface area contributed by atoms with E-state index < -0.39 is 17.4 Å². The highest BCUT2D eigenvalue weighted by molar-refractivity contribution is 9.10. The molecular weight excluding hydrogens is 410 g/mol. The molecule has 0 bridgehead atoms. The molecule has 27 heavy (non-hydrogen) atoms.